The zero-order chi connectivity index (χ0) is 18.9. The normalized spacial score (nSPS) is 12.2. The summed E-state index contributed by atoms with van der Waals surface area (Å²) in [7, 11) is 0. The highest BCUT2D eigenvalue weighted by Gasteiger charge is 2.13. The number of hydrogen-bond donors (Lipinski definition) is 2. The molecule has 6 heteroatoms. The molecule has 1 heterocycles. The van der Waals surface area contributed by atoms with Crippen LogP contribution in [0.2, 0.25) is 0 Å². The van der Waals surface area contributed by atoms with E-state index in [0.29, 0.717) is 12.4 Å². The van der Waals surface area contributed by atoms with Crippen LogP contribution >= 0.6 is 0 Å². The van der Waals surface area contributed by atoms with Crippen LogP contribution in [0.25, 0.3) is 0 Å². The van der Waals surface area contributed by atoms with Gasteiger partial charge in [-0.3, -0.25) is 4.79 Å². The Kier molecular flexibility index (Phi) is 6.86. The fraction of sp³-hybridized carbons (Fsp3) is 0.300. The molecule has 2 rings (SSSR count). The monoisotopic (exact) mass is 353 g/mol. The van der Waals surface area contributed by atoms with Gasteiger partial charge in [0.25, 0.3) is 5.91 Å². The highest BCUT2D eigenvalue weighted by Crippen LogP contribution is 2.26. The number of hydrogen-bond acceptors (Lipinski definition) is 5. The zero-order valence-corrected chi connectivity index (χ0v) is 15.2. The second kappa shape index (κ2) is 9.33. The van der Waals surface area contributed by atoms with E-state index in [1.165, 1.54) is 12.5 Å². The van der Waals surface area contributed by atoms with Gasteiger partial charge < -0.3 is 19.8 Å². The highest BCUT2D eigenvalue weighted by molar-refractivity contribution is 5.97. The van der Waals surface area contributed by atoms with Gasteiger partial charge in [0.05, 0.1) is 25.5 Å². The average Bonchev–Trinajstić information content (AvgIpc) is 3.15. The van der Waals surface area contributed by atoms with Crippen LogP contribution < -0.4 is 15.4 Å². The second-order valence-corrected chi connectivity index (χ2v) is 5.79. The van der Waals surface area contributed by atoms with Gasteiger partial charge in [-0.1, -0.05) is 17.7 Å². The molecule has 0 aliphatic carbocycles. The SMILES string of the molecule is CCOc1ccc(C)cc1C(C)N/C=C(/C#N)C(=O)NCc1ccco1. The fourth-order valence-electron chi connectivity index (χ4n) is 2.42. The Morgan fingerprint density at radius 1 is 1.42 bits per heavy atom. The van der Waals surface area contributed by atoms with Crippen molar-refractivity contribution in [3.05, 3.63) is 65.3 Å². The molecule has 136 valence electrons. The number of carbonyl (C=O) groups excluding carboxylic acids is 1. The molecule has 0 saturated carbocycles. The second-order valence-electron chi connectivity index (χ2n) is 5.79. The quantitative estimate of drug-likeness (QED) is 0.561. The highest BCUT2D eigenvalue weighted by atomic mass is 16.5. The fourth-order valence-corrected chi connectivity index (χ4v) is 2.42. The summed E-state index contributed by atoms with van der Waals surface area (Å²) in [6.45, 7) is 6.68. The number of ether oxygens (including phenoxy) is 1. The van der Waals surface area contributed by atoms with Gasteiger partial charge in [0.1, 0.15) is 23.2 Å². The molecule has 0 spiro atoms. The molecule has 0 aliphatic heterocycles. The van der Waals surface area contributed by atoms with E-state index in [4.69, 9.17) is 9.15 Å². The van der Waals surface area contributed by atoms with E-state index in [2.05, 4.69) is 10.6 Å². The van der Waals surface area contributed by atoms with E-state index < -0.39 is 5.91 Å². The molecule has 2 N–H and O–H groups in total. The maximum absolute atomic E-state index is 12.1. The van der Waals surface area contributed by atoms with Crippen molar-refractivity contribution in [3.63, 3.8) is 0 Å². The van der Waals surface area contributed by atoms with Crippen molar-refractivity contribution in [3.8, 4) is 11.8 Å². The van der Waals surface area contributed by atoms with Crippen molar-refractivity contribution in [2.75, 3.05) is 6.61 Å². The molecule has 1 unspecified atom stereocenters. The third-order valence-electron chi connectivity index (χ3n) is 3.78. The summed E-state index contributed by atoms with van der Waals surface area (Å²) >= 11 is 0. The maximum atomic E-state index is 12.1. The third-order valence-corrected chi connectivity index (χ3v) is 3.78. The van der Waals surface area contributed by atoms with Crippen LogP contribution in [0, 0.1) is 18.3 Å². The van der Waals surface area contributed by atoms with Gasteiger partial charge in [-0.15, -0.1) is 0 Å². The predicted octanol–water partition coefficient (Wildman–Crippen LogP) is 3.36. The van der Waals surface area contributed by atoms with Gasteiger partial charge in [0.2, 0.25) is 0 Å². The van der Waals surface area contributed by atoms with Gasteiger partial charge in [-0.05, 0) is 39.0 Å². The number of benzene rings is 1. The largest absolute Gasteiger partial charge is 0.494 e. The molecule has 1 amide bonds. The number of nitriles is 1. The van der Waals surface area contributed by atoms with Crippen LogP contribution in [0.5, 0.6) is 5.75 Å². The minimum Gasteiger partial charge on any atom is -0.494 e. The van der Waals surface area contributed by atoms with Crippen molar-refractivity contribution >= 4 is 5.91 Å². The van der Waals surface area contributed by atoms with Crippen LogP contribution in [0.4, 0.5) is 0 Å². The van der Waals surface area contributed by atoms with Gasteiger partial charge in [0.15, 0.2) is 0 Å². The molecule has 26 heavy (non-hydrogen) atoms. The van der Waals surface area contributed by atoms with Crippen LogP contribution in [-0.4, -0.2) is 12.5 Å². The first-order chi connectivity index (χ1) is 12.5. The Bertz CT molecular complexity index is 804. The molecule has 6 nitrogen and oxygen atoms in total. The molecule has 0 radical (unpaired) electrons. The van der Waals surface area contributed by atoms with Gasteiger partial charge >= 0.3 is 0 Å². The summed E-state index contributed by atoms with van der Waals surface area (Å²) in [6.07, 6.45) is 2.96. The first-order valence-corrected chi connectivity index (χ1v) is 8.45. The van der Waals surface area contributed by atoms with E-state index >= 15 is 0 Å². The van der Waals surface area contributed by atoms with Crippen molar-refractivity contribution in [2.45, 2.75) is 33.4 Å². The Hall–Kier alpha value is -3.20. The Morgan fingerprint density at radius 3 is 2.88 bits per heavy atom. The summed E-state index contributed by atoms with van der Waals surface area (Å²) in [6, 6.07) is 11.2. The van der Waals surface area contributed by atoms with Gasteiger partial charge in [0, 0.05) is 11.8 Å². The summed E-state index contributed by atoms with van der Waals surface area (Å²) in [5, 5.41) is 15.0. The first-order valence-electron chi connectivity index (χ1n) is 8.45. The molecular weight excluding hydrogens is 330 g/mol. The lowest BCUT2D eigenvalue weighted by Crippen LogP contribution is -2.25. The standard InChI is InChI=1S/C20H23N3O3/c1-4-25-19-8-7-14(2)10-18(19)15(3)22-12-16(11-21)20(24)23-13-17-6-5-9-26-17/h5-10,12,15,22H,4,13H2,1-3H3,(H,23,24)/b16-12-. The van der Waals surface area contributed by atoms with Gasteiger partial charge in [-0.2, -0.15) is 5.26 Å². The summed E-state index contributed by atoms with van der Waals surface area (Å²) in [4.78, 5) is 12.1. The number of nitrogens with zero attached hydrogens (tertiary/aromatic N) is 1. The van der Waals surface area contributed by atoms with Crippen molar-refractivity contribution in [1.82, 2.24) is 10.6 Å². The lowest BCUT2D eigenvalue weighted by atomic mass is 10.0. The molecule has 0 aliphatic rings. The number of aryl methyl sites for hydroxylation is 1. The van der Waals surface area contributed by atoms with Crippen molar-refractivity contribution in [1.29, 1.82) is 5.26 Å². The van der Waals surface area contributed by atoms with Crippen molar-refractivity contribution < 1.29 is 13.9 Å². The summed E-state index contributed by atoms with van der Waals surface area (Å²) in [5.74, 6) is 0.947. The van der Waals surface area contributed by atoms with E-state index in [0.717, 1.165) is 16.9 Å². The Morgan fingerprint density at radius 2 is 2.23 bits per heavy atom. The predicted molar refractivity (Wildman–Crippen MR) is 98.1 cm³/mol. The number of nitrogens with one attached hydrogen (secondary N) is 2. The van der Waals surface area contributed by atoms with Crippen LogP contribution in [0.3, 0.4) is 0 Å². The molecule has 2 aromatic rings. The molecule has 0 bridgehead atoms. The van der Waals surface area contributed by atoms with Crippen LogP contribution in [-0.2, 0) is 11.3 Å². The van der Waals surface area contributed by atoms with Crippen LogP contribution in [0.1, 0.15) is 36.8 Å². The lowest BCUT2D eigenvalue weighted by Gasteiger charge is -2.18. The topological polar surface area (TPSA) is 87.3 Å². The van der Waals surface area contributed by atoms with Crippen molar-refractivity contribution in [2.24, 2.45) is 0 Å². The average molecular weight is 353 g/mol. The molecule has 0 fully saturated rings. The van der Waals surface area contributed by atoms with E-state index in [1.54, 1.807) is 12.1 Å². The Labute approximate surface area is 153 Å². The minimum absolute atomic E-state index is 0.00554. The molecule has 1 aromatic heterocycles. The van der Waals surface area contributed by atoms with E-state index in [-0.39, 0.29) is 18.2 Å². The number of carbonyl (C=O) groups is 1. The smallest absolute Gasteiger partial charge is 0.263 e. The van der Waals surface area contributed by atoms with Crippen LogP contribution in [0.15, 0.2) is 52.8 Å². The number of rotatable bonds is 8. The summed E-state index contributed by atoms with van der Waals surface area (Å²) < 4.78 is 10.8. The zero-order valence-electron chi connectivity index (χ0n) is 15.2. The number of furan rings is 1. The lowest BCUT2D eigenvalue weighted by molar-refractivity contribution is -0.117. The maximum Gasteiger partial charge on any atom is 0.263 e. The molecule has 1 atom stereocenters. The first kappa shape index (κ1) is 19.1. The molecule has 1 aromatic carbocycles. The number of amides is 1. The Balaban J connectivity index is 2.04. The summed E-state index contributed by atoms with van der Waals surface area (Å²) in [5.41, 5.74) is 2.07. The molecule has 0 saturated heterocycles. The van der Waals surface area contributed by atoms with E-state index in [1.807, 2.05) is 45.0 Å². The minimum atomic E-state index is -0.460. The van der Waals surface area contributed by atoms with E-state index in [9.17, 15) is 10.1 Å². The van der Waals surface area contributed by atoms with Gasteiger partial charge in [-0.25, -0.2) is 0 Å². The third kappa shape index (κ3) is 5.15. The molecular formula is C20H23N3O3.